The van der Waals surface area contributed by atoms with Gasteiger partial charge in [-0.1, -0.05) is 376 Å². The average Bonchev–Trinajstić information content (AvgIpc) is 1.52. The minimum absolute atomic E-state index is 0.488. The fourth-order valence-electron chi connectivity index (χ4n) is 20.8. The van der Waals surface area contributed by atoms with Gasteiger partial charge < -0.3 is 0 Å². The minimum atomic E-state index is -0.496. The number of aromatic nitrogens is 7. The van der Waals surface area contributed by atoms with Crippen LogP contribution in [0.4, 0.5) is 0 Å². The van der Waals surface area contributed by atoms with Gasteiger partial charge in [-0.2, -0.15) is 0 Å². The number of hydrogen-bond donors (Lipinski definition) is 0. The minimum Gasteiger partial charge on any atom is -0.256 e. The topological polar surface area (TPSA) is 90.2 Å². The van der Waals surface area contributed by atoms with Gasteiger partial charge in [0.15, 0.2) is 0 Å². The second kappa shape index (κ2) is 30.9. The van der Waals surface area contributed by atoms with Crippen LogP contribution in [0, 0.1) is 0 Å². The zero-order chi connectivity index (χ0) is 85.8. The van der Waals surface area contributed by atoms with Crippen molar-refractivity contribution in [2.24, 2.45) is 0 Å². The summed E-state index contributed by atoms with van der Waals surface area (Å²) in [4.78, 5) is 36.6. The molecule has 0 spiro atoms. The highest BCUT2D eigenvalue weighted by molar-refractivity contribution is 6.16. The predicted octanol–water partition coefficient (Wildman–Crippen LogP) is 30.4. The third kappa shape index (κ3) is 12.4. The Morgan fingerprint density at radius 1 is 0.162 bits per heavy atom. The lowest BCUT2D eigenvalue weighted by Crippen LogP contribution is -2.28. The standard InChI is InChI=1S/C62H39N3.C61H38N4/c1-4-15-41(16-5-1)56-35-33-43-31-32-44-34-36-57(64-61(44)60(43)63-56)42-29-27-40(28-30-42)45-17-14-18-46(37-45)59-53-38-52-49-23-10-12-25-54(49)62(47-19-6-2-7-20-47,48-21-8-3-9-22-48)55(52)39-51(53)50-24-11-13-26-58(50)65-59;1-4-15-39(16-5-1)55-33-29-40-27-28-41-30-34-56(64-60(41)59(40)63-55)44-31-32-54(62-38-44)42-17-14-18-43(35-42)58-51-36-50-47-23-10-12-25-52(47)61(45-19-6-2-7-20-45,46-21-8-3-9-22-46)53(50)37-49(51)48-24-11-13-26-57(48)65-58/h1-39H;1-38H. The van der Waals surface area contributed by atoms with Crippen LogP contribution in [0.5, 0.6) is 0 Å². The van der Waals surface area contributed by atoms with Gasteiger partial charge in [-0.05, 0) is 174 Å². The molecule has 0 N–H and O–H groups in total. The van der Waals surface area contributed by atoms with Crippen molar-refractivity contribution < 1.29 is 0 Å². The summed E-state index contributed by atoms with van der Waals surface area (Å²) in [7, 11) is 0. The molecule has 2 aliphatic rings. The third-order valence-corrected chi connectivity index (χ3v) is 26.9. The first-order chi connectivity index (χ1) is 64.4. The van der Waals surface area contributed by atoms with Crippen molar-refractivity contribution in [2.75, 3.05) is 0 Å². The van der Waals surface area contributed by atoms with E-state index in [2.05, 4.69) is 437 Å². The Morgan fingerprint density at radius 3 is 0.877 bits per heavy atom. The highest BCUT2D eigenvalue weighted by Crippen LogP contribution is 2.60. The van der Waals surface area contributed by atoms with E-state index in [4.69, 9.17) is 34.9 Å². The van der Waals surface area contributed by atoms with Crippen molar-refractivity contribution in [1.29, 1.82) is 0 Å². The third-order valence-electron chi connectivity index (χ3n) is 26.9. The first-order valence-electron chi connectivity index (χ1n) is 44.4. The van der Waals surface area contributed by atoms with Crippen LogP contribution in [0.2, 0.25) is 0 Å². The Hall–Kier alpha value is -17.1. The smallest absolute Gasteiger partial charge is 0.0972 e. The maximum Gasteiger partial charge on any atom is 0.0972 e. The molecule has 0 amide bonds. The van der Waals surface area contributed by atoms with Crippen LogP contribution in [0.25, 0.3) is 199 Å². The molecule has 0 saturated carbocycles. The molecule has 24 aromatic rings. The van der Waals surface area contributed by atoms with E-state index in [0.29, 0.717) is 0 Å². The van der Waals surface area contributed by atoms with E-state index in [1.54, 1.807) is 0 Å². The zero-order valence-corrected chi connectivity index (χ0v) is 70.6. The van der Waals surface area contributed by atoms with Crippen LogP contribution in [0.3, 0.4) is 0 Å². The summed E-state index contributed by atoms with van der Waals surface area (Å²) < 4.78 is 0. The molecule has 7 aromatic heterocycles. The number of pyridine rings is 7. The summed E-state index contributed by atoms with van der Waals surface area (Å²) in [5.41, 5.74) is 35.7. The quantitative estimate of drug-likeness (QED) is 0.113. The van der Waals surface area contributed by atoms with E-state index >= 15 is 0 Å². The molecule has 17 aromatic carbocycles. The Morgan fingerprint density at radius 2 is 0.469 bits per heavy atom. The summed E-state index contributed by atoms with van der Waals surface area (Å²) in [5, 5.41) is 11.2. The summed E-state index contributed by atoms with van der Waals surface area (Å²) in [6, 6.07) is 165. The van der Waals surface area contributed by atoms with Gasteiger partial charge in [-0.25, -0.2) is 29.9 Å². The highest BCUT2D eigenvalue weighted by Gasteiger charge is 2.48. The number of fused-ring (bicyclic) bond motifs is 18. The van der Waals surface area contributed by atoms with Gasteiger partial charge in [-0.15, -0.1) is 0 Å². The summed E-state index contributed by atoms with van der Waals surface area (Å²) >= 11 is 0. The van der Waals surface area contributed by atoms with Crippen molar-refractivity contribution in [1.82, 2.24) is 34.9 Å². The highest BCUT2D eigenvalue weighted by atomic mass is 14.8. The van der Waals surface area contributed by atoms with Crippen LogP contribution in [0.1, 0.15) is 44.5 Å². The molecule has 0 fully saturated rings. The van der Waals surface area contributed by atoms with E-state index < -0.39 is 10.8 Å². The lowest BCUT2D eigenvalue weighted by atomic mass is 9.67. The number of para-hydroxylation sites is 2. The molecule has 0 radical (unpaired) electrons. The van der Waals surface area contributed by atoms with E-state index in [9.17, 15) is 0 Å². The fourth-order valence-corrected chi connectivity index (χ4v) is 20.8. The van der Waals surface area contributed by atoms with Gasteiger partial charge in [0.25, 0.3) is 0 Å². The van der Waals surface area contributed by atoms with Crippen molar-refractivity contribution in [2.45, 2.75) is 10.8 Å². The fraction of sp³-hybridized carbons (Fsp3) is 0.0163. The molecular weight excluding hydrogens is 1580 g/mol. The lowest BCUT2D eigenvalue weighted by Gasteiger charge is -2.34. The number of benzene rings is 17. The van der Waals surface area contributed by atoms with Gasteiger partial charge in [0.2, 0.25) is 0 Å². The number of hydrogen-bond acceptors (Lipinski definition) is 7. The van der Waals surface area contributed by atoms with Crippen molar-refractivity contribution >= 4 is 87.0 Å². The molecule has 0 bridgehead atoms. The van der Waals surface area contributed by atoms with Crippen molar-refractivity contribution in [3.63, 3.8) is 0 Å². The van der Waals surface area contributed by atoms with Gasteiger partial charge in [0, 0.05) is 88.2 Å². The Labute approximate surface area is 751 Å². The zero-order valence-electron chi connectivity index (χ0n) is 70.6. The number of nitrogens with zero attached hydrogens (tertiary/aromatic N) is 7. The summed E-state index contributed by atoms with van der Waals surface area (Å²) in [5.74, 6) is 0. The first kappa shape index (κ1) is 75.4. The monoisotopic (exact) mass is 1650 g/mol. The largest absolute Gasteiger partial charge is 0.256 e. The molecule has 7 heterocycles. The molecule has 26 rings (SSSR count). The van der Waals surface area contributed by atoms with Crippen LogP contribution in [-0.4, -0.2) is 34.9 Å². The summed E-state index contributed by atoms with van der Waals surface area (Å²) in [6.07, 6.45) is 1.93. The van der Waals surface area contributed by atoms with E-state index in [1.165, 1.54) is 77.5 Å². The van der Waals surface area contributed by atoms with Gasteiger partial charge in [0.1, 0.15) is 0 Å². The molecule has 7 heteroatoms. The molecule has 2 aliphatic carbocycles. The molecule has 0 atom stereocenters. The van der Waals surface area contributed by atoms with Crippen LogP contribution in [-0.2, 0) is 10.8 Å². The van der Waals surface area contributed by atoms with Crippen LogP contribution in [0.15, 0.2) is 467 Å². The number of rotatable bonds is 12. The van der Waals surface area contributed by atoms with Crippen LogP contribution >= 0.6 is 0 Å². The van der Waals surface area contributed by atoms with Crippen LogP contribution < -0.4 is 0 Å². The molecule has 130 heavy (non-hydrogen) atoms. The van der Waals surface area contributed by atoms with E-state index in [1.807, 2.05) is 30.5 Å². The molecule has 604 valence electrons. The van der Waals surface area contributed by atoms with Crippen molar-refractivity contribution in [3.05, 3.63) is 512 Å². The Bertz CT molecular complexity index is 8040. The average molecular weight is 1650 g/mol. The molecule has 0 aliphatic heterocycles. The maximum atomic E-state index is 5.45. The first-order valence-corrected chi connectivity index (χ1v) is 44.4. The van der Waals surface area contributed by atoms with Crippen molar-refractivity contribution in [3.8, 4) is 112 Å². The Balaban J connectivity index is 0.000000140. The summed E-state index contributed by atoms with van der Waals surface area (Å²) in [6.45, 7) is 0. The van der Waals surface area contributed by atoms with E-state index in [0.717, 1.165) is 166 Å². The maximum absolute atomic E-state index is 5.45. The SMILES string of the molecule is c1ccc(-c2ccc3ccc4ccc(-c5ccc(-c6cccc(-c7nc8ccccc8c8cc9c(cc78)-c7ccccc7C9(c7ccccc7)c7ccccc7)c6)cc5)nc4c3n2)cc1.c1ccc(-c2ccc3ccc4ccc(-c5ccc(-c6cccc(-c7nc8ccccc8c8cc9c(cc78)-c7ccccc7C9(c7ccccc7)c7ccccc7)c6)nc5)nc4c3n2)cc1. The second-order valence-electron chi connectivity index (χ2n) is 34.0. The normalized spacial score (nSPS) is 12.7. The van der Waals surface area contributed by atoms with E-state index in [-0.39, 0.29) is 0 Å². The Kier molecular flexibility index (Phi) is 17.9. The molecule has 0 unspecified atom stereocenters. The second-order valence-corrected chi connectivity index (χ2v) is 34.0. The molecule has 0 saturated heterocycles. The molecule has 7 nitrogen and oxygen atoms in total. The van der Waals surface area contributed by atoms with Gasteiger partial charge in [0.05, 0.1) is 83.8 Å². The van der Waals surface area contributed by atoms with Gasteiger partial charge in [-0.3, -0.25) is 4.98 Å². The van der Waals surface area contributed by atoms with Gasteiger partial charge >= 0.3 is 0 Å². The lowest BCUT2D eigenvalue weighted by molar-refractivity contribution is 0.769. The predicted molar refractivity (Wildman–Crippen MR) is 536 cm³/mol. The molecular formula is C123H77N7.